The number of thioether (sulfide) groups is 1. The summed E-state index contributed by atoms with van der Waals surface area (Å²) in [6.07, 6.45) is 3.72. The third kappa shape index (κ3) is 3.18. The van der Waals surface area contributed by atoms with E-state index in [-0.39, 0.29) is 10.6 Å². The first-order chi connectivity index (χ1) is 7.56. The largest absolute Gasteiger partial charge is 0.285 e. The minimum atomic E-state index is -0.688. The van der Waals surface area contributed by atoms with Crippen molar-refractivity contribution in [3.8, 4) is 0 Å². The molecule has 0 N–H and O–H groups in total. The molecule has 0 aliphatic rings. The standard InChI is InChI=1S/C11H8ClFO2S/c1-16-11(15)10(14)6-5-7-8(12)3-2-4-9(7)13/h2-6H,1H3/b6-5+. The lowest BCUT2D eigenvalue weighted by Crippen LogP contribution is -2.04. The molecule has 0 saturated carbocycles. The number of halogens is 2. The molecule has 0 aliphatic carbocycles. The molecule has 0 saturated heterocycles. The summed E-state index contributed by atoms with van der Waals surface area (Å²) in [5.74, 6) is -1.22. The number of carbonyl (C=O) groups is 2. The molecule has 0 aromatic heterocycles. The Balaban J connectivity index is 2.93. The van der Waals surface area contributed by atoms with Crippen LogP contribution in [0.3, 0.4) is 0 Å². The molecule has 84 valence electrons. The minimum Gasteiger partial charge on any atom is -0.285 e. The van der Waals surface area contributed by atoms with Gasteiger partial charge in [0, 0.05) is 5.56 Å². The van der Waals surface area contributed by atoms with Crippen LogP contribution in [0, 0.1) is 5.82 Å². The van der Waals surface area contributed by atoms with E-state index >= 15 is 0 Å². The van der Waals surface area contributed by atoms with Crippen molar-refractivity contribution in [1.29, 1.82) is 0 Å². The van der Waals surface area contributed by atoms with E-state index in [0.717, 1.165) is 17.8 Å². The van der Waals surface area contributed by atoms with E-state index in [1.165, 1.54) is 30.5 Å². The molecule has 0 aliphatic heterocycles. The van der Waals surface area contributed by atoms with Gasteiger partial charge < -0.3 is 0 Å². The Morgan fingerprint density at radius 2 is 2.12 bits per heavy atom. The highest BCUT2D eigenvalue weighted by molar-refractivity contribution is 8.14. The quantitative estimate of drug-likeness (QED) is 0.618. The molecule has 0 unspecified atom stereocenters. The van der Waals surface area contributed by atoms with Crippen LogP contribution in [0.15, 0.2) is 24.3 Å². The van der Waals surface area contributed by atoms with Crippen LogP contribution >= 0.6 is 23.4 Å². The van der Waals surface area contributed by atoms with E-state index in [2.05, 4.69) is 0 Å². The van der Waals surface area contributed by atoms with E-state index in [4.69, 9.17) is 11.6 Å². The summed E-state index contributed by atoms with van der Waals surface area (Å²) < 4.78 is 13.2. The van der Waals surface area contributed by atoms with Gasteiger partial charge in [-0.1, -0.05) is 29.4 Å². The second-order valence-corrected chi connectivity index (χ2v) is 4.01. The molecule has 1 aromatic carbocycles. The molecule has 16 heavy (non-hydrogen) atoms. The second kappa shape index (κ2) is 5.82. The molecule has 0 amide bonds. The Morgan fingerprint density at radius 3 is 2.69 bits per heavy atom. The predicted octanol–water partition coefficient (Wildman–Crippen LogP) is 2.95. The van der Waals surface area contributed by atoms with Crippen molar-refractivity contribution >= 4 is 40.3 Å². The van der Waals surface area contributed by atoms with Crippen molar-refractivity contribution in [3.05, 3.63) is 40.7 Å². The molecule has 0 heterocycles. The zero-order valence-electron chi connectivity index (χ0n) is 8.37. The minimum absolute atomic E-state index is 0.103. The van der Waals surface area contributed by atoms with Gasteiger partial charge >= 0.3 is 0 Å². The number of rotatable bonds is 3. The van der Waals surface area contributed by atoms with Gasteiger partial charge in [-0.15, -0.1) is 0 Å². The Labute approximate surface area is 101 Å². The van der Waals surface area contributed by atoms with Crippen LogP contribution in [0.2, 0.25) is 5.02 Å². The molecular weight excluding hydrogens is 251 g/mol. The summed E-state index contributed by atoms with van der Waals surface area (Å²) in [6.45, 7) is 0. The molecule has 1 aromatic rings. The lowest BCUT2D eigenvalue weighted by Gasteiger charge is -1.98. The van der Waals surface area contributed by atoms with Crippen molar-refractivity contribution in [2.24, 2.45) is 0 Å². The van der Waals surface area contributed by atoms with Crippen molar-refractivity contribution in [1.82, 2.24) is 0 Å². The van der Waals surface area contributed by atoms with Crippen LogP contribution in [0.1, 0.15) is 5.56 Å². The Hall–Kier alpha value is -1.13. The molecule has 0 fully saturated rings. The average Bonchev–Trinajstić information content (AvgIpc) is 2.27. The van der Waals surface area contributed by atoms with Gasteiger partial charge in [-0.2, -0.15) is 0 Å². The van der Waals surface area contributed by atoms with Crippen LogP contribution in [0.25, 0.3) is 6.08 Å². The molecule has 0 bridgehead atoms. The van der Waals surface area contributed by atoms with Crippen LogP contribution in [-0.2, 0) is 9.59 Å². The molecule has 0 atom stereocenters. The topological polar surface area (TPSA) is 34.1 Å². The first kappa shape index (κ1) is 12.9. The van der Waals surface area contributed by atoms with Gasteiger partial charge in [0.2, 0.25) is 5.78 Å². The monoisotopic (exact) mass is 258 g/mol. The smallest absolute Gasteiger partial charge is 0.259 e. The van der Waals surface area contributed by atoms with Crippen molar-refractivity contribution in [2.75, 3.05) is 6.26 Å². The fraction of sp³-hybridized carbons (Fsp3) is 0.0909. The zero-order valence-corrected chi connectivity index (χ0v) is 9.94. The highest BCUT2D eigenvalue weighted by Gasteiger charge is 2.09. The Morgan fingerprint density at radius 1 is 1.44 bits per heavy atom. The van der Waals surface area contributed by atoms with E-state index in [1.54, 1.807) is 0 Å². The fourth-order valence-electron chi connectivity index (χ4n) is 0.998. The Bertz CT molecular complexity index is 437. The van der Waals surface area contributed by atoms with Crippen molar-refractivity contribution in [3.63, 3.8) is 0 Å². The van der Waals surface area contributed by atoms with Crippen LogP contribution in [-0.4, -0.2) is 17.2 Å². The number of carbonyl (C=O) groups excluding carboxylic acids is 2. The highest BCUT2D eigenvalue weighted by atomic mass is 35.5. The summed E-state index contributed by atoms with van der Waals surface area (Å²) in [5.41, 5.74) is 0.103. The first-order valence-electron chi connectivity index (χ1n) is 4.30. The summed E-state index contributed by atoms with van der Waals surface area (Å²) in [7, 11) is 0. The predicted molar refractivity (Wildman–Crippen MR) is 64.0 cm³/mol. The third-order valence-electron chi connectivity index (χ3n) is 1.79. The summed E-state index contributed by atoms with van der Waals surface area (Å²) in [5, 5.41) is -0.399. The summed E-state index contributed by atoms with van der Waals surface area (Å²) in [4.78, 5) is 22.1. The van der Waals surface area contributed by atoms with Crippen molar-refractivity contribution < 1.29 is 14.0 Å². The van der Waals surface area contributed by atoms with Gasteiger partial charge in [0.25, 0.3) is 5.12 Å². The fourth-order valence-corrected chi connectivity index (χ4v) is 1.49. The van der Waals surface area contributed by atoms with Gasteiger partial charge in [0.15, 0.2) is 0 Å². The lowest BCUT2D eigenvalue weighted by atomic mass is 10.2. The van der Waals surface area contributed by atoms with Crippen LogP contribution in [0.5, 0.6) is 0 Å². The van der Waals surface area contributed by atoms with E-state index in [9.17, 15) is 14.0 Å². The van der Waals surface area contributed by atoms with Gasteiger partial charge in [0.1, 0.15) is 5.82 Å². The van der Waals surface area contributed by atoms with Gasteiger partial charge in [-0.05, 0) is 30.5 Å². The van der Waals surface area contributed by atoms with Gasteiger partial charge in [-0.3, -0.25) is 9.59 Å². The van der Waals surface area contributed by atoms with Crippen LogP contribution < -0.4 is 0 Å². The highest BCUT2D eigenvalue weighted by Crippen LogP contribution is 2.20. The number of hydrogen-bond acceptors (Lipinski definition) is 3. The maximum absolute atomic E-state index is 13.2. The van der Waals surface area contributed by atoms with Gasteiger partial charge in [-0.25, -0.2) is 4.39 Å². The molecule has 2 nitrogen and oxygen atoms in total. The zero-order chi connectivity index (χ0) is 12.1. The normalized spacial score (nSPS) is 10.7. The first-order valence-corrected chi connectivity index (χ1v) is 5.91. The number of benzene rings is 1. The SMILES string of the molecule is CSC(=O)C(=O)/C=C/c1c(F)cccc1Cl. The second-order valence-electron chi connectivity index (χ2n) is 2.82. The molecular formula is C11H8ClFO2S. The van der Waals surface area contributed by atoms with Crippen molar-refractivity contribution in [2.45, 2.75) is 0 Å². The van der Waals surface area contributed by atoms with E-state index in [0.29, 0.717) is 0 Å². The van der Waals surface area contributed by atoms with E-state index in [1.807, 2.05) is 0 Å². The number of ketones is 1. The molecule has 5 heteroatoms. The number of hydrogen-bond donors (Lipinski definition) is 0. The Kier molecular flexibility index (Phi) is 4.71. The maximum Gasteiger partial charge on any atom is 0.259 e. The van der Waals surface area contributed by atoms with Gasteiger partial charge in [0.05, 0.1) is 5.02 Å². The number of allylic oxidation sites excluding steroid dienone is 1. The molecule has 0 spiro atoms. The summed E-state index contributed by atoms with van der Waals surface area (Å²) in [6, 6.07) is 4.20. The molecule has 0 radical (unpaired) electrons. The lowest BCUT2D eigenvalue weighted by molar-refractivity contribution is -0.128. The average molecular weight is 259 g/mol. The summed E-state index contributed by atoms with van der Waals surface area (Å²) >= 11 is 6.54. The van der Waals surface area contributed by atoms with Crippen LogP contribution in [0.4, 0.5) is 4.39 Å². The molecule has 1 rings (SSSR count). The third-order valence-corrected chi connectivity index (χ3v) is 2.69. The van der Waals surface area contributed by atoms with E-state index < -0.39 is 16.7 Å². The maximum atomic E-state index is 13.2.